The van der Waals surface area contributed by atoms with Crippen molar-refractivity contribution in [2.45, 2.75) is 61.9 Å². The van der Waals surface area contributed by atoms with Crippen LogP contribution in [0.1, 0.15) is 44.9 Å². The summed E-state index contributed by atoms with van der Waals surface area (Å²) in [6, 6.07) is 8.35. The monoisotopic (exact) mass is 388 g/mol. The van der Waals surface area contributed by atoms with Crippen LogP contribution in [0.3, 0.4) is 0 Å². The fourth-order valence-electron chi connectivity index (χ4n) is 6.25. The lowest BCUT2D eigenvalue weighted by Gasteiger charge is -2.39. The summed E-state index contributed by atoms with van der Waals surface area (Å²) in [5.74, 6) is 2.23. The number of carbonyl (C=O) groups excluding carboxylic acids is 1. The van der Waals surface area contributed by atoms with Crippen LogP contribution >= 0.6 is 0 Å². The summed E-state index contributed by atoms with van der Waals surface area (Å²) >= 11 is 0. The quantitative estimate of drug-likeness (QED) is 0.800. The van der Waals surface area contributed by atoms with Crippen LogP contribution in [0, 0.1) is 17.8 Å². The maximum absolute atomic E-state index is 13.5. The topological polar surface area (TPSA) is 57.7 Å². The van der Waals surface area contributed by atoms with Crippen molar-refractivity contribution < 1.29 is 13.2 Å². The third-order valence-corrected chi connectivity index (χ3v) is 9.15. The van der Waals surface area contributed by atoms with Gasteiger partial charge in [0.15, 0.2) is 0 Å². The average molecular weight is 389 g/mol. The van der Waals surface area contributed by atoms with Crippen LogP contribution in [0.5, 0.6) is 0 Å². The third kappa shape index (κ3) is 3.01. The van der Waals surface area contributed by atoms with Gasteiger partial charge in [0.25, 0.3) is 0 Å². The first-order valence-corrected chi connectivity index (χ1v) is 11.8. The Labute approximate surface area is 161 Å². The van der Waals surface area contributed by atoms with Crippen LogP contribution in [0.15, 0.2) is 35.2 Å². The Balaban J connectivity index is 1.41. The van der Waals surface area contributed by atoms with Crippen molar-refractivity contribution in [3.05, 3.63) is 30.3 Å². The molecule has 1 aromatic rings. The number of carbonyl (C=O) groups is 1. The number of hydrogen-bond acceptors (Lipinski definition) is 3. The summed E-state index contributed by atoms with van der Waals surface area (Å²) in [7, 11) is -3.62. The molecule has 0 aromatic heterocycles. The molecule has 1 aromatic carbocycles. The molecule has 2 aliphatic carbocycles. The minimum Gasteiger partial charge on any atom is -0.338 e. The number of benzene rings is 1. The molecule has 146 valence electrons. The third-order valence-electron chi connectivity index (χ3n) is 7.23. The van der Waals surface area contributed by atoms with E-state index in [9.17, 15) is 13.2 Å². The van der Waals surface area contributed by atoms with Crippen molar-refractivity contribution in [2.24, 2.45) is 17.8 Å². The smallest absolute Gasteiger partial charge is 0.243 e. The molecule has 5 aliphatic rings. The van der Waals surface area contributed by atoms with Gasteiger partial charge in [-0.1, -0.05) is 18.2 Å². The Hall–Kier alpha value is -1.40. The van der Waals surface area contributed by atoms with Crippen molar-refractivity contribution in [2.75, 3.05) is 13.1 Å². The molecule has 27 heavy (non-hydrogen) atoms. The zero-order valence-corrected chi connectivity index (χ0v) is 16.5. The van der Waals surface area contributed by atoms with Crippen LogP contribution in [0.4, 0.5) is 0 Å². The molecule has 3 atom stereocenters. The summed E-state index contributed by atoms with van der Waals surface area (Å²) in [4.78, 5) is 15.9. The van der Waals surface area contributed by atoms with E-state index >= 15 is 0 Å². The number of rotatable bonds is 3. The van der Waals surface area contributed by atoms with Gasteiger partial charge in [0.1, 0.15) is 6.04 Å². The van der Waals surface area contributed by atoms with Crippen molar-refractivity contribution >= 4 is 15.9 Å². The molecule has 3 saturated heterocycles. The van der Waals surface area contributed by atoms with E-state index in [1.165, 1.54) is 23.6 Å². The molecule has 3 heterocycles. The van der Waals surface area contributed by atoms with Gasteiger partial charge in [-0.3, -0.25) is 4.79 Å². The van der Waals surface area contributed by atoms with Crippen LogP contribution in [-0.4, -0.2) is 48.7 Å². The number of hydrogen-bond donors (Lipinski definition) is 0. The standard InChI is InChI=1S/C21H28N2O3S/c24-21(22-14-17-10-15-9-16(11-17)13-18(22)12-15)20-7-4-8-23(20)27(25,26)19-5-2-1-3-6-19/h1-3,5-6,15-18,20H,4,7-14H2. The predicted molar refractivity (Wildman–Crippen MR) is 102 cm³/mol. The Morgan fingerprint density at radius 2 is 1.59 bits per heavy atom. The minimum atomic E-state index is -3.62. The van der Waals surface area contributed by atoms with Gasteiger partial charge < -0.3 is 4.90 Å². The first-order chi connectivity index (χ1) is 13.0. The fourth-order valence-corrected chi connectivity index (χ4v) is 7.92. The maximum atomic E-state index is 13.5. The van der Waals surface area contributed by atoms with E-state index in [1.54, 1.807) is 24.3 Å². The lowest BCUT2D eigenvalue weighted by atomic mass is 9.68. The van der Waals surface area contributed by atoms with Gasteiger partial charge in [-0.05, 0) is 74.8 Å². The lowest BCUT2D eigenvalue weighted by Crippen LogP contribution is -2.51. The zero-order valence-electron chi connectivity index (χ0n) is 15.7. The molecule has 6 heteroatoms. The molecule has 0 radical (unpaired) electrons. The first-order valence-electron chi connectivity index (χ1n) is 10.4. The summed E-state index contributed by atoms with van der Waals surface area (Å²) < 4.78 is 27.8. The van der Waals surface area contributed by atoms with Crippen LogP contribution in [-0.2, 0) is 14.8 Å². The van der Waals surface area contributed by atoms with Crippen LogP contribution in [0.25, 0.3) is 0 Å². The SMILES string of the molecule is O=C(C1CCCN1S(=O)(=O)c1ccccc1)N1CC2CC3CC(C2)CC1C3. The summed E-state index contributed by atoms with van der Waals surface area (Å²) in [6.07, 6.45) is 7.50. The Morgan fingerprint density at radius 1 is 0.926 bits per heavy atom. The van der Waals surface area contributed by atoms with E-state index in [-0.39, 0.29) is 5.91 Å². The van der Waals surface area contributed by atoms with E-state index in [0.717, 1.165) is 37.6 Å². The Bertz CT molecular complexity index is 811. The molecule has 0 N–H and O–H groups in total. The molecule has 3 unspecified atom stereocenters. The summed E-state index contributed by atoms with van der Waals surface area (Å²) in [5.41, 5.74) is 0. The van der Waals surface area contributed by atoms with Crippen molar-refractivity contribution in [1.82, 2.24) is 9.21 Å². The molecule has 1 amide bonds. The molecule has 6 rings (SSSR count). The maximum Gasteiger partial charge on any atom is 0.243 e. The normalized spacial score (nSPS) is 36.1. The van der Waals surface area contributed by atoms with E-state index in [0.29, 0.717) is 29.8 Å². The fraction of sp³-hybridized carbons (Fsp3) is 0.667. The van der Waals surface area contributed by atoms with E-state index < -0.39 is 16.1 Å². The second kappa shape index (κ2) is 6.59. The summed E-state index contributed by atoms with van der Waals surface area (Å²) in [5, 5.41) is 0. The number of nitrogens with zero attached hydrogens (tertiary/aromatic N) is 2. The average Bonchev–Trinajstić information content (AvgIpc) is 3.08. The minimum absolute atomic E-state index is 0.0604. The summed E-state index contributed by atoms with van der Waals surface area (Å²) in [6.45, 7) is 1.28. The predicted octanol–water partition coefficient (Wildman–Crippen LogP) is 2.88. The molecule has 5 fully saturated rings. The largest absolute Gasteiger partial charge is 0.338 e. The van der Waals surface area contributed by atoms with Gasteiger partial charge >= 0.3 is 0 Å². The van der Waals surface area contributed by atoms with Crippen LogP contribution < -0.4 is 0 Å². The molecule has 2 saturated carbocycles. The molecular weight excluding hydrogens is 360 g/mol. The van der Waals surface area contributed by atoms with Gasteiger partial charge in [0.05, 0.1) is 4.90 Å². The van der Waals surface area contributed by atoms with Crippen molar-refractivity contribution in [3.63, 3.8) is 0 Å². The van der Waals surface area contributed by atoms with Gasteiger partial charge in [-0.25, -0.2) is 8.42 Å². The first kappa shape index (κ1) is 17.7. The van der Waals surface area contributed by atoms with Crippen LogP contribution in [0.2, 0.25) is 0 Å². The molecule has 4 bridgehead atoms. The lowest BCUT2D eigenvalue weighted by molar-refractivity contribution is -0.137. The highest BCUT2D eigenvalue weighted by molar-refractivity contribution is 7.89. The molecule has 5 nitrogen and oxygen atoms in total. The highest BCUT2D eigenvalue weighted by Crippen LogP contribution is 2.48. The van der Waals surface area contributed by atoms with E-state index in [4.69, 9.17) is 0 Å². The molecular formula is C21H28N2O3S. The van der Waals surface area contributed by atoms with E-state index in [1.807, 2.05) is 6.07 Å². The van der Waals surface area contributed by atoms with Gasteiger partial charge in [-0.15, -0.1) is 0 Å². The molecule has 3 aliphatic heterocycles. The van der Waals surface area contributed by atoms with Gasteiger partial charge in [-0.2, -0.15) is 4.31 Å². The second-order valence-corrected chi connectivity index (χ2v) is 10.9. The van der Waals surface area contributed by atoms with E-state index in [2.05, 4.69) is 4.90 Å². The number of fused-ring (bicyclic) bond motifs is 1. The zero-order chi connectivity index (χ0) is 18.6. The van der Waals surface area contributed by atoms with Gasteiger partial charge in [0.2, 0.25) is 15.9 Å². The second-order valence-electron chi connectivity index (χ2n) is 9.01. The van der Waals surface area contributed by atoms with Crippen molar-refractivity contribution in [1.29, 1.82) is 0 Å². The highest BCUT2D eigenvalue weighted by Gasteiger charge is 2.48. The number of sulfonamides is 1. The Morgan fingerprint density at radius 3 is 2.30 bits per heavy atom. The van der Waals surface area contributed by atoms with Crippen molar-refractivity contribution in [3.8, 4) is 0 Å². The number of amides is 1. The Kier molecular flexibility index (Phi) is 4.32. The van der Waals surface area contributed by atoms with Gasteiger partial charge in [0, 0.05) is 19.1 Å². The molecule has 0 spiro atoms. The highest BCUT2D eigenvalue weighted by atomic mass is 32.2.